The van der Waals surface area contributed by atoms with Gasteiger partial charge in [0.15, 0.2) is 0 Å². The summed E-state index contributed by atoms with van der Waals surface area (Å²) in [5.74, 6) is 0.718. The number of hydrogen-bond donors (Lipinski definition) is 1. The van der Waals surface area contributed by atoms with Crippen LogP contribution in [0.3, 0.4) is 0 Å². The summed E-state index contributed by atoms with van der Waals surface area (Å²) in [7, 11) is 1.59. The van der Waals surface area contributed by atoms with E-state index in [0.29, 0.717) is 5.69 Å². The smallest absolute Gasteiger partial charge is 0.297 e. The van der Waals surface area contributed by atoms with Crippen LogP contribution in [0.1, 0.15) is 32.0 Å². The third-order valence-electron chi connectivity index (χ3n) is 3.06. The number of H-pyrrole nitrogens is 1. The highest BCUT2D eigenvalue weighted by molar-refractivity contribution is 9.10. The number of benzene rings is 1. The number of nitrogens with zero attached hydrogens (tertiary/aromatic N) is 3. The van der Waals surface area contributed by atoms with Crippen LogP contribution in [0, 0.1) is 4.77 Å². The number of aromatic nitrogens is 3. The van der Waals surface area contributed by atoms with Gasteiger partial charge in [0, 0.05) is 5.41 Å². The maximum atomic E-state index is 12.5. The highest BCUT2D eigenvalue weighted by atomic mass is 79.9. The largest absolute Gasteiger partial charge is 0.496 e. The first kappa shape index (κ1) is 17.6. The molecule has 6 nitrogen and oxygen atoms in total. The van der Waals surface area contributed by atoms with E-state index in [4.69, 9.17) is 17.0 Å². The topological polar surface area (TPSA) is 72.3 Å². The molecular formula is C15H17BrN4O2S. The Morgan fingerprint density at radius 1 is 1.43 bits per heavy atom. The van der Waals surface area contributed by atoms with Crippen LogP contribution in [0.4, 0.5) is 0 Å². The van der Waals surface area contributed by atoms with E-state index in [2.05, 4.69) is 31.2 Å². The summed E-state index contributed by atoms with van der Waals surface area (Å²) >= 11 is 8.51. The van der Waals surface area contributed by atoms with Crippen LogP contribution in [0.25, 0.3) is 0 Å². The Morgan fingerprint density at radius 2 is 2.13 bits per heavy atom. The van der Waals surface area contributed by atoms with Crippen molar-refractivity contribution in [3.05, 3.63) is 49.1 Å². The zero-order valence-electron chi connectivity index (χ0n) is 13.3. The molecule has 0 saturated carbocycles. The van der Waals surface area contributed by atoms with E-state index >= 15 is 0 Å². The first-order chi connectivity index (χ1) is 10.7. The molecule has 0 radical (unpaired) electrons. The van der Waals surface area contributed by atoms with Gasteiger partial charge in [-0.15, -0.1) is 0 Å². The van der Waals surface area contributed by atoms with Gasteiger partial charge in [-0.25, -0.2) is 0 Å². The Balaban J connectivity index is 2.46. The first-order valence-corrected chi connectivity index (χ1v) is 8.04. The van der Waals surface area contributed by atoms with Gasteiger partial charge < -0.3 is 4.74 Å². The van der Waals surface area contributed by atoms with E-state index in [9.17, 15) is 4.79 Å². The molecule has 1 N–H and O–H groups in total. The predicted molar refractivity (Wildman–Crippen MR) is 96.1 cm³/mol. The second-order valence-corrected chi connectivity index (χ2v) is 7.12. The number of aromatic amines is 1. The van der Waals surface area contributed by atoms with E-state index in [1.807, 2.05) is 39.0 Å². The molecule has 122 valence electrons. The molecule has 0 saturated heterocycles. The molecule has 0 aliphatic carbocycles. The van der Waals surface area contributed by atoms with Crippen LogP contribution in [-0.2, 0) is 5.41 Å². The standard InChI is InChI=1S/C15H17BrN4O2S/c1-15(2,3)12-13(21)20(14(23)19-18-12)17-8-9-5-6-11(22-4)10(16)7-9/h5-8H,1-4H3,(H,19,23)/b17-8-. The summed E-state index contributed by atoms with van der Waals surface area (Å²) < 4.78 is 7.26. The molecule has 8 heteroatoms. The number of nitrogens with one attached hydrogen (secondary N) is 1. The number of methoxy groups -OCH3 is 1. The number of hydrogen-bond acceptors (Lipinski definition) is 5. The highest BCUT2D eigenvalue weighted by Gasteiger charge is 2.21. The SMILES string of the molecule is COc1ccc(/C=N\n2c(=S)[nH]nc(C(C)(C)C)c2=O)cc1Br. The average Bonchev–Trinajstić information content (AvgIpc) is 2.45. The molecule has 0 fully saturated rings. The molecule has 1 aromatic heterocycles. The van der Waals surface area contributed by atoms with Gasteiger partial charge in [0.1, 0.15) is 11.4 Å². The fraction of sp³-hybridized carbons (Fsp3) is 0.333. The highest BCUT2D eigenvalue weighted by Crippen LogP contribution is 2.24. The molecule has 0 amide bonds. The molecular weight excluding hydrogens is 380 g/mol. The van der Waals surface area contributed by atoms with Gasteiger partial charge >= 0.3 is 0 Å². The summed E-state index contributed by atoms with van der Waals surface area (Å²) in [5, 5.41) is 10.9. The van der Waals surface area contributed by atoms with Crippen molar-refractivity contribution in [2.45, 2.75) is 26.2 Å². The van der Waals surface area contributed by atoms with Gasteiger partial charge in [0.05, 0.1) is 17.8 Å². The predicted octanol–water partition coefficient (Wildman–Crippen LogP) is 3.25. The lowest BCUT2D eigenvalue weighted by Gasteiger charge is -2.16. The lowest BCUT2D eigenvalue weighted by molar-refractivity contribution is 0.412. The number of rotatable bonds is 3. The molecule has 0 aliphatic heterocycles. The van der Waals surface area contributed by atoms with Crippen molar-refractivity contribution < 1.29 is 4.74 Å². The van der Waals surface area contributed by atoms with Gasteiger partial charge in [0.2, 0.25) is 4.77 Å². The van der Waals surface area contributed by atoms with Crippen molar-refractivity contribution in [1.29, 1.82) is 0 Å². The van der Waals surface area contributed by atoms with Crippen LogP contribution in [0.15, 0.2) is 32.6 Å². The monoisotopic (exact) mass is 396 g/mol. The van der Waals surface area contributed by atoms with Crippen molar-refractivity contribution in [2.75, 3.05) is 7.11 Å². The van der Waals surface area contributed by atoms with E-state index in [-0.39, 0.29) is 10.3 Å². The molecule has 1 heterocycles. The average molecular weight is 397 g/mol. The Kier molecular flexibility index (Phi) is 5.16. The molecule has 0 aliphatic rings. The third kappa shape index (κ3) is 3.94. The molecule has 0 atom stereocenters. The Morgan fingerprint density at radius 3 is 2.70 bits per heavy atom. The quantitative estimate of drug-likeness (QED) is 0.638. The molecule has 1 aromatic carbocycles. The molecule has 23 heavy (non-hydrogen) atoms. The van der Waals surface area contributed by atoms with Gasteiger partial charge in [-0.05, 0) is 51.9 Å². The van der Waals surface area contributed by atoms with Crippen LogP contribution in [-0.4, -0.2) is 28.2 Å². The summed E-state index contributed by atoms with van der Waals surface area (Å²) in [4.78, 5) is 12.5. The fourth-order valence-electron chi connectivity index (χ4n) is 1.87. The number of halogens is 1. The molecule has 2 rings (SSSR count). The van der Waals surface area contributed by atoms with Gasteiger partial charge in [-0.1, -0.05) is 20.8 Å². The van der Waals surface area contributed by atoms with Gasteiger partial charge in [0.25, 0.3) is 5.56 Å². The Bertz CT molecular complexity index is 865. The van der Waals surface area contributed by atoms with Crippen LogP contribution >= 0.6 is 28.1 Å². The van der Waals surface area contributed by atoms with E-state index in [1.54, 1.807) is 13.3 Å². The molecule has 0 spiro atoms. The molecule has 0 bridgehead atoms. The van der Waals surface area contributed by atoms with E-state index < -0.39 is 5.41 Å². The normalized spacial score (nSPS) is 11.9. The minimum atomic E-state index is -0.406. The zero-order valence-corrected chi connectivity index (χ0v) is 15.7. The maximum absolute atomic E-state index is 12.5. The minimum Gasteiger partial charge on any atom is -0.496 e. The summed E-state index contributed by atoms with van der Waals surface area (Å²) in [6, 6.07) is 5.48. The Hall–Kier alpha value is -1.80. The van der Waals surface area contributed by atoms with E-state index in [0.717, 1.165) is 20.5 Å². The summed E-state index contributed by atoms with van der Waals surface area (Å²) in [5.41, 5.74) is 0.439. The summed E-state index contributed by atoms with van der Waals surface area (Å²) in [6.07, 6.45) is 1.56. The van der Waals surface area contributed by atoms with Crippen molar-refractivity contribution in [3.63, 3.8) is 0 Å². The minimum absolute atomic E-state index is 0.145. The Labute approximate surface area is 147 Å². The second kappa shape index (κ2) is 6.76. The summed E-state index contributed by atoms with van der Waals surface area (Å²) in [6.45, 7) is 5.72. The fourth-order valence-corrected chi connectivity index (χ4v) is 2.61. The maximum Gasteiger partial charge on any atom is 0.297 e. The number of ether oxygens (including phenoxy) is 1. The van der Waals surface area contributed by atoms with Crippen molar-refractivity contribution in [2.24, 2.45) is 5.10 Å². The van der Waals surface area contributed by atoms with Crippen LogP contribution in [0.5, 0.6) is 5.75 Å². The van der Waals surface area contributed by atoms with Crippen LogP contribution < -0.4 is 10.3 Å². The molecule has 2 aromatic rings. The zero-order chi connectivity index (χ0) is 17.2. The second-order valence-electron chi connectivity index (χ2n) is 5.88. The lowest BCUT2D eigenvalue weighted by atomic mass is 9.93. The first-order valence-electron chi connectivity index (χ1n) is 6.84. The molecule has 0 unspecified atom stereocenters. The van der Waals surface area contributed by atoms with Crippen molar-refractivity contribution >= 4 is 34.4 Å². The van der Waals surface area contributed by atoms with Gasteiger partial charge in [-0.2, -0.15) is 14.9 Å². The van der Waals surface area contributed by atoms with Crippen LogP contribution in [0.2, 0.25) is 0 Å². The van der Waals surface area contributed by atoms with Crippen molar-refractivity contribution in [3.8, 4) is 5.75 Å². The van der Waals surface area contributed by atoms with Gasteiger partial charge in [-0.3, -0.25) is 9.89 Å². The van der Waals surface area contributed by atoms with Crippen molar-refractivity contribution in [1.82, 2.24) is 14.9 Å². The lowest BCUT2D eigenvalue weighted by Crippen LogP contribution is -2.32. The third-order valence-corrected chi connectivity index (χ3v) is 3.94. The van der Waals surface area contributed by atoms with E-state index in [1.165, 1.54) is 0 Å².